The molecule has 1 aromatic rings. The fourth-order valence-electron chi connectivity index (χ4n) is 1.54. The molecule has 0 N–H and O–H groups in total. The largest absolute Gasteiger partial charge is 0.304 e. The van der Waals surface area contributed by atoms with E-state index in [1.165, 1.54) is 32.7 Å². The van der Waals surface area contributed by atoms with Crippen LogP contribution in [0.3, 0.4) is 0 Å². The summed E-state index contributed by atoms with van der Waals surface area (Å²) in [5.41, 5.74) is 0. The second kappa shape index (κ2) is 7.30. The molecule has 0 saturated carbocycles. The summed E-state index contributed by atoms with van der Waals surface area (Å²) in [6, 6.07) is 1.80. The molecule has 0 aromatic carbocycles. The van der Waals surface area contributed by atoms with E-state index in [4.69, 9.17) is 0 Å². The van der Waals surface area contributed by atoms with Crippen LogP contribution in [0.25, 0.3) is 0 Å². The van der Waals surface area contributed by atoms with Crippen LogP contribution in [0.2, 0.25) is 0 Å². The smallest absolute Gasteiger partial charge is 0.125 e. The molecule has 0 atom stereocenters. The second-order valence-corrected chi connectivity index (χ2v) is 4.03. The third-order valence-corrected chi connectivity index (χ3v) is 2.74. The predicted octanol–water partition coefficient (Wildman–Crippen LogP) is 1.04. The molecule has 0 spiro atoms. The van der Waals surface area contributed by atoms with Crippen molar-refractivity contribution in [2.45, 2.75) is 13.8 Å². The first-order valence-electron chi connectivity index (χ1n) is 5.87. The summed E-state index contributed by atoms with van der Waals surface area (Å²) < 4.78 is 0. The number of nitrogens with zero attached hydrogens (tertiary/aromatic N) is 4. The average molecular weight is 222 g/mol. The first kappa shape index (κ1) is 13.1. The van der Waals surface area contributed by atoms with Crippen molar-refractivity contribution in [2.75, 3.05) is 39.8 Å². The van der Waals surface area contributed by atoms with Gasteiger partial charge in [0.15, 0.2) is 0 Å². The van der Waals surface area contributed by atoms with Crippen molar-refractivity contribution in [3.63, 3.8) is 0 Å². The van der Waals surface area contributed by atoms with Gasteiger partial charge in [-0.1, -0.05) is 6.92 Å². The van der Waals surface area contributed by atoms with Crippen LogP contribution in [0.4, 0.5) is 0 Å². The van der Waals surface area contributed by atoms with Crippen molar-refractivity contribution < 1.29 is 0 Å². The lowest BCUT2D eigenvalue weighted by Crippen LogP contribution is -2.44. The molecule has 0 aliphatic carbocycles. The number of likely N-dealkylation sites (N-methyl/N-ethyl adjacent to an activating group) is 2. The van der Waals surface area contributed by atoms with Crippen molar-refractivity contribution in [1.82, 2.24) is 19.8 Å². The Balaban J connectivity index is 0.000000165. The van der Waals surface area contributed by atoms with Crippen molar-refractivity contribution >= 4 is 0 Å². The fourth-order valence-corrected chi connectivity index (χ4v) is 1.54. The maximum absolute atomic E-state index is 3.87. The van der Waals surface area contributed by atoms with Gasteiger partial charge in [0.2, 0.25) is 0 Å². The van der Waals surface area contributed by atoms with E-state index in [1.54, 1.807) is 18.5 Å². The lowest BCUT2D eigenvalue weighted by atomic mass is 10.3. The highest BCUT2D eigenvalue weighted by molar-refractivity contribution is 4.84. The molecule has 90 valence electrons. The van der Waals surface area contributed by atoms with Crippen LogP contribution in [0.15, 0.2) is 18.5 Å². The van der Waals surface area contributed by atoms with E-state index in [9.17, 15) is 0 Å². The molecule has 0 amide bonds. The van der Waals surface area contributed by atoms with Gasteiger partial charge in [-0.15, -0.1) is 0 Å². The topological polar surface area (TPSA) is 32.3 Å². The highest BCUT2D eigenvalue weighted by Gasteiger charge is 2.10. The molecule has 0 radical (unpaired) electrons. The van der Waals surface area contributed by atoms with Crippen molar-refractivity contribution in [2.24, 2.45) is 0 Å². The van der Waals surface area contributed by atoms with Crippen molar-refractivity contribution in [3.8, 4) is 0 Å². The Morgan fingerprint density at radius 2 is 1.69 bits per heavy atom. The van der Waals surface area contributed by atoms with Gasteiger partial charge in [0.25, 0.3) is 0 Å². The van der Waals surface area contributed by atoms with Gasteiger partial charge in [-0.05, 0) is 26.6 Å². The number of aromatic nitrogens is 2. The van der Waals surface area contributed by atoms with E-state index in [2.05, 4.69) is 33.7 Å². The average Bonchev–Trinajstić information content (AvgIpc) is 2.32. The highest BCUT2D eigenvalue weighted by atomic mass is 15.2. The monoisotopic (exact) mass is 222 g/mol. The molecule has 1 aliphatic rings. The Kier molecular flexibility index (Phi) is 5.96. The third-order valence-electron chi connectivity index (χ3n) is 2.74. The van der Waals surface area contributed by atoms with Crippen LogP contribution >= 0.6 is 0 Å². The van der Waals surface area contributed by atoms with E-state index in [0.29, 0.717) is 0 Å². The van der Waals surface area contributed by atoms with Crippen LogP contribution in [0.5, 0.6) is 0 Å². The number of aryl methyl sites for hydroxylation is 1. The van der Waals surface area contributed by atoms with Gasteiger partial charge < -0.3 is 9.80 Å². The zero-order valence-electron chi connectivity index (χ0n) is 10.6. The summed E-state index contributed by atoms with van der Waals surface area (Å²) in [7, 11) is 2.19. The number of rotatable bonds is 1. The van der Waals surface area contributed by atoms with Gasteiger partial charge in [0.1, 0.15) is 5.82 Å². The Hall–Kier alpha value is -1.00. The van der Waals surface area contributed by atoms with Gasteiger partial charge >= 0.3 is 0 Å². The SMILES string of the molecule is CCN1CCN(C)CC1.Cc1ncccn1. The quantitative estimate of drug-likeness (QED) is 0.710. The molecular weight excluding hydrogens is 200 g/mol. The molecule has 4 nitrogen and oxygen atoms in total. The Bertz CT molecular complexity index is 268. The highest BCUT2D eigenvalue weighted by Crippen LogP contribution is 1.96. The first-order valence-corrected chi connectivity index (χ1v) is 5.87. The summed E-state index contributed by atoms with van der Waals surface area (Å²) in [6.45, 7) is 10.3. The number of hydrogen-bond acceptors (Lipinski definition) is 4. The molecule has 0 bridgehead atoms. The zero-order chi connectivity index (χ0) is 11.8. The van der Waals surface area contributed by atoms with E-state index >= 15 is 0 Å². The lowest BCUT2D eigenvalue weighted by molar-refractivity contribution is 0.160. The van der Waals surface area contributed by atoms with Crippen LogP contribution in [0.1, 0.15) is 12.7 Å². The first-order chi connectivity index (χ1) is 7.72. The summed E-state index contributed by atoms with van der Waals surface area (Å²) in [5, 5.41) is 0. The van der Waals surface area contributed by atoms with Crippen LogP contribution in [-0.4, -0.2) is 59.5 Å². The van der Waals surface area contributed by atoms with E-state index < -0.39 is 0 Å². The molecule has 1 aromatic heterocycles. The lowest BCUT2D eigenvalue weighted by Gasteiger charge is -2.31. The van der Waals surface area contributed by atoms with Gasteiger partial charge in [-0.25, -0.2) is 9.97 Å². The number of hydrogen-bond donors (Lipinski definition) is 0. The van der Waals surface area contributed by atoms with Gasteiger partial charge in [-0.3, -0.25) is 0 Å². The van der Waals surface area contributed by atoms with Crippen LogP contribution in [0, 0.1) is 6.92 Å². The minimum absolute atomic E-state index is 0.822. The molecular formula is C12H22N4. The summed E-state index contributed by atoms with van der Waals surface area (Å²) in [4.78, 5) is 12.6. The summed E-state index contributed by atoms with van der Waals surface area (Å²) >= 11 is 0. The molecule has 1 fully saturated rings. The molecule has 4 heteroatoms. The molecule has 0 unspecified atom stereocenters. The van der Waals surface area contributed by atoms with Gasteiger partial charge in [-0.2, -0.15) is 0 Å². The molecule has 2 rings (SSSR count). The Labute approximate surface area is 98.3 Å². The fraction of sp³-hybridized carbons (Fsp3) is 0.667. The van der Waals surface area contributed by atoms with Gasteiger partial charge in [0, 0.05) is 38.6 Å². The normalized spacial score (nSPS) is 17.7. The van der Waals surface area contributed by atoms with Crippen molar-refractivity contribution in [1.29, 1.82) is 0 Å². The minimum Gasteiger partial charge on any atom is -0.304 e. The minimum atomic E-state index is 0.822. The van der Waals surface area contributed by atoms with E-state index in [0.717, 1.165) is 5.82 Å². The third kappa shape index (κ3) is 5.19. The Morgan fingerprint density at radius 3 is 2.06 bits per heavy atom. The molecule has 1 saturated heterocycles. The standard InChI is InChI=1S/C7H16N2.C5H6N2/c1-3-9-6-4-8(2)5-7-9;1-5-6-3-2-4-7-5/h3-7H2,1-2H3;2-4H,1H3. The van der Waals surface area contributed by atoms with Crippen molar-refractivity contribution in [3.05, 3.63) is 24.3 Å². The molecule has 2 heterocycles. The van der Waals surface area contributed by atoms with E-state index in [-0.39, 0.29) is 0 Å². The zero-order valence-corrected chi connectivity index (χ0v) is 10.6. The predicted molar refractivity (Wildman–Crippen MR) is 66.4 cm³/mol. The van der Waals surface area contributed by atoms with Crippen LogP contribution < -0.4 is 0 Å². The summed E-state index contributed by atoms with van der Waals surface area (Å²) in [5.74, 6) is 0.822. The van der Waals surface area contributed by atoms with Gasteiger partial charge in [0.05, 0.1) is 0 Å². The van der Waals surface area contributed by atoms with Crippen LogP contribution in [-0.2, 0) is 0 Å². The van der Waals surface area contributed by atoms with E-state index in [1.807, 2.05) is 6.92 Å². The number of piperazine rings is 1. The molecule has 16 heavy (non-hydrogen) atoms. The summed E-state index contributed by atoms with van der Waals surface area (Å²) in [6.07, 6.45) is 3.45. The maximum Gasteiger partial charge on any atom is 0.125 e. The molecule has 1 aliphatic heterocycles. The maximum atomic E-state index is 3.87. The Morgan fingerprint density at radius 1 is 1.12 bits per heavy atom. The second-order valence-electron chi connectivity index (χ2n) is 4.03.